The third kappa shape index (κ3) is 1.34. The highest BCUT2D eigenvalue weighted by Gasteiger charge is 2.54. The Kier molecular flexibility index (Phi) is 2.28. The molecule has 1 N–H and O–H groups in total. The van der Waals surface area contributed by atoms with Crippen LogP contribution in [-0.2, 0) is 10.2 Å². The second-order valence-electron chi connectivity index (χ2n) is 4.39. The first-order valence-electron chi connectivity index (χ1n) is 5.41. The van der Waals surface area contributed by atoms with Gasteiger partial charge in [-0.2, -0.15) is 0 Å². The Hall–Kier alpha value is -1.75. The molecule has 1 aromatic rings. The van der Waals surface area contributed by atoms with Gasteiger partial charge in [-0.1, -0.05) is 11.6 Å². The number of halogens is 1. The lowest BCUT2D eigenvalue weighted by Crippen LogP contribution is -2.20. The lowest BCUT2D eigenvalue weighted by atomic mass is 9.93. The van der Waals surface area contributed by atoms with Gasteiger partial charge in [-0.05, 0) is 18.9 Å². The summed E-state index contributed by atoms with van der Waals surface area (Å²) in [5, 5.41) is 9.49. The van der Waals surface area contributed by atoms with Gasteiger partial charge in [0, 0.05) is 5.56 Å². The standard InChI is InChI=1S/C12H9ClO5/c13-8-3-7(12(1-2-12)11(15)16)10-9(6(8)4-14)17-5-18-10/h3-4H,1-2,5H2,(H,15,16). The van der Waals surface area contributed by atoms with E-state index in [-0.39, 0.29) is 23.1 Å². The van der Waals surface area contributed by atoms with Crippen molar-refractivity contribution in [2.75, 3.05) is 6.79 Å². The number of fused-ring (bicyclic) bond motifs is 1. The molecule has 3 rings (SSSR count). The number of hydrogen-bond donors (Lipinski definition) is 1. The number of hydrogen-bond acceptors (Lipinski definition) is 4. The fraction of sp³-hybridized carbons (Fsp3) is 0.333. The second-order valence-corrected chi connectivity index (χ2v) is 4.80. The van der Waals surface area contributed by atoms with Gasteiger partial charge in [0.25, 0.3) is 0 Å². The lowest BCUT2D eigenvalue weighted by Gasteiger charge is -2.14. The Labute approximate surface area is 107 Å². The van der Waals surface area contributed by atoms with Crippen LogP contribution >= 0.6 is 11.6 Å². The minimum Gasteiger partial charge on any atom is -0.481 e. The van der Waals surface area contributed by atoms with Gasteiger partial charge in [0.15, 0.2) is 17.8 Å². The summed E-state index contributed by atoms with van der Waals surface area (Å²) in [5.74, 6) is -0.323. The first kappa shape index (κ1) is 11.3. The fourth-order valence-corrected chi connectivity index (χ4v) is 2.49. The van der Waals surface area contributed by atoms with Crippen molar-refractivity contribution < 1.29 is 24.2 Å². The zero-order valence-corrected chi connectivity index (χ0v) is 9.99. The van der Waals surface area contributed by atoms with Crippen molar-refractivity contribution in [2.24, 2.45) is 0 Å². The molecule has 0 unspecified atom stereocenters. The molecule has 1 heterocycles. The Morgan fingerprint density at radius 1 is 1.39 bits per heavy atom. The van der Waals surface area contributed by atoms with Crippen molar-refractivity contribution in [3.63, 3.8) is 0 Å². The van der Waals surface area contributed by atoms with E-state index in [9.17, 15) is 14.7 Å². The van der Waals surface area contributed by atoms with E-state index < -0.39 is 11.4 Å². The van der Waals surface area contributed by atoms with Crippen LogP contribution in [0.15, 0.2) is 6.07 Å². The topological polar surface area (TPSA) is 72.8 Å². The molecule has 6 heteroatoms. The summed E-state index contributed by atoms with van der Waals surface area (Å²) in [5.41, 5.74) is -0.241. The number of carboxylic acids is 1. The summed E-state index contributed by atoms with van der Waals surface area (Å²) in [4.78, 5) is 22.3. The van der Waals surface area contributed by atoms with Crippen LogP contribution < -0.4 is 9.47 Å². The summed E-state index contributed by atoms with van der Waals surface area (Å²) < 4.78 is 10.5. The van der Waals surface area contributed by atoms with E-state index in [1.807, 2.05) is 0 Å². The van der Waals surface area contributed by atoms with Gasteiger partial charge in [0.2, 0.25) is 6.79 Å². The van der Waals surface area contributed by atoms with Crippen molar-refractivity contribution in [1.82, 2.24) is 0 Å². The molecule has 0 atom stereocenters. The molecule has 0 saturated heterocycles. The van der Waals surface area contributed by atoms with E-state index in [1.165, 1.54) is 6.07 Å². The normalized spacial score (nSPS) is 18.5. The van der Waals surface area contributed by atoms with Crippen LogP contribution in [0.3, 0.4) is 0 Å². The summed E-state index contributed by atoms with van der Waals surface area (Å²) in [6.07, 6.45) is 1.66. The third-order valence-corrected chi connectivity index (χ3v) is 3.74. The molecule has 94 valence electrons. The summed E-state index contributed by atoms with van der Waals surface area (Å²) in [6.45, 7) is -0.0286. The number of carbonyl (C=O) groups is 2. The molecule has 1 aliphatic heterocycles. The molecule has 0 bridgehead atoms. The first-order chi connectivity index (χ1) is 8.60. The summed E-state index contributed by atoms with van der Waals surface area (Å²) in [6, 6.07) is 1.50. The van der Waals surface area contributed by atoms with Crippen molar-refractivity contribution in [2.45, 2.75) is 18.3 Å². The van der Waals surface area contributed by atoms with Crippen LogP contribution in [0.1, 0.15) is 28.8 Å². The second kappa shape index (κ2) is 3.62. The van der Waals surface area contributed by atoms with Crippen LogP contribution in [0.25, 0.3) is 0 Å². The van der Waals surface area contributed by atoms with Crippen LogP contribution in [0.5, 0.6) is 11.5 Å². The van der Waals surface area contributed by atoms with Gasteiger partial charge in [0.1, 0.15) is 0 Å². The SMILES string of the molecule is O=Cc1c(Cl)cc(C2(C(=O)O)CC2)c2c1OCO2. The van der Waals surface area contributed by atoms with E-state index in [1.54, 1.807) is 0 Å². The molecule has 0 spiro atoms. The smallest absolute Gasteiger partial charge is 0.314 e. The minimum absolute atomic E-state index is 0.0286. The number of ether oxygens (including phenoxy) is 2. The average Bonchev–Trinajstić information content (AvgIpc) is 3.01. The number of aldehydes is 1. The molecule has 1 fully saturated rings. The van der Waals surface area contributed by atoms with Crippen molar-refractivity contribution in [1.29, 1.82) is 0 Å². The van der Waals surface area contributed by atoms with E-state index in [0.29, 0.717) is 30.4 Å². The number of rotatable bonds is 3. The van der Waals surface area contributed by atoms with Gasteiger partial charge < -0.3 is 14.6 Å². The predicted molar refractivity (Wildman–Crippen MR) is 61.5 cm³/mol. The van der Waals surface area contributed by atoms with Crippen molar-refractivity contribution in [3.05, 3.63) is 22.2 Å². The van der Waals surface area contributed by atoms with Gasteiger partial charge in [-0.3, -0.25) is 9.59 Å². The zero-order valence-electron chi connectivity index (χ0n) is 9.23. The molecule has 5 nitrogen and oxygen atoms in total. The highest BCUT2D eigenvalue weighted by molar-refractivity contribution is 6.33. The van der Waals surface area contributed by atoms with Crippen molar-refractivity contribution >= 4 is 23.9 Å². The largest absolute Gasteiger partial charge is 0.481 e. The highest BCUT2D eigenvalue weighted by Crippen LogP contribution is 2.56. The Morgan fingerprint density at radius 2 is 2.06 bits per heavy atom. The van der Waals surface area contributed by atoms with Gasteiger partial charge >= 0.3 is 5.97 Å². The molecule has 0 aromatic heterocycles. The Morgan fingerprint density at radius 3 is 2.61 bits per heavy atom. The fourth-order valence-electron chi connectivity index (χ4n) is 2.25. The highest BCUT2D eigenvalue weighted by atomic mass is 35.5. The van der Waals surface area contributed by atoms with E-state index in [4.69, 9.17) is 21.1 Å². The first-order valence-corrected chi connectivity index (χ1v) is 5.79. The van der Waals surface area contributed by atoms with Crippen molar-refractivity contribution in [3.8, 4) is 11.5 Å². The Balaban J connectivity index is 2.24. The molecular formula is C12H9ClO5. The van der Waals surface area contributed by atoms with E-state index >= 15 is 0 Å². The van der Waals surface area contributed by atoms with E-state index in [0.717, 1.165) is 0 Å². The Bertz CT molecular complexity index is 562. The van der Waals surface area contributed by atoms with Crippen LogP contribution in [0, 0.1) is 0 Å². The third-order valence-electron chi connectivity index (χ3n) is 3.42. The molecule has 2 aliphatic rings. The van der Waals surface area contributed by atoms with Crippen LogP contribution in [-0.4, -0.2) is 24.2 Å². The van der Waals surface area contributed by atoms with Gasteiger partial charge in [-0.15, -0.1) is 0 Å². The number of carbonyl (C=O) groups excluding carboxylic acids is 1. The van der Waals surface area contributed by atoms with E-state index in [2.05, 4.69) is 0 Å². The molecule has 0 amide bonds. The molecule has 1 saturated carbocycles. The van der Waals surface area contributed by atoms with Gasteiger partial charge in [0.05, 0.1) is 16.0 Å². The summed E-state index contributed by atoms with van der Waals surface area (Å²) in [7, 11) is 0. The maximum Gasteiger partial charge on any atom is 0.314 e. The molecule has 1 aliphatic carbocycles. The molecule has 1 aromatic carbocycles. The lowest BCUT2D eigenvalue weighted by molar-refractivity contribution is -0.140. The number of aliphatic carboxylic acids is 1. The molecule has 18 heavy (non-hydrogen) atoms. The van der Waals surface area contributed by atoms with Crippen LogP contribution in [0.2, 0.25) is 5.02 Å². The molecular weight excluding hydrogens is 260 g/mol. The van der Waals surface area contributed by atoms with Crippen LogP contribution in [0.4, 0.5) is 0 Å². The minimum atomic E-state index is -0.942. The number of benzene rings is 1. The van der Waals surface area contributed by atoms with Gasteiger partial charge in [-0.25, -0.2) is 0 Å². The maximum atomic E-state index is 11.3. The summed E-state index contributed by atoms with van der Waals surface area (Å²) >= 11 is 5.99. The monoisotopic (exact) mass is 268 g/mol. The number of carboxylic acid groups (broad SMARTS) is 1. The molecule has 0 radical (unpaired) electrons. The zero-order chi connectivity index (χ0) is 12.9. The average molecular weight is 269 g/mol. The predicted octanol–water partition coefficient (Wildman–Crippen LogP) is 2.00. The maximum absolute atomic E-state index is 11.3. The quantitative estimate of drug-likeness (QED) is 0.849.